The summed E-state index contributed by atoms with van der Waals surface area (Å²) in [6, 6.07) is 53.6. The van der Waals surface area contributed by atoms with Gasteiger partial charge in [0.25, 0.3) is 0 Å². The van der Waals surface area contributed by atoms with E-state index in [-0.39, 0.29) is 34.4 Å². The van der Waals surface area contributed by atoms with Crippen LogP contribution in [0, 0.1) is 0 Å². The molecule has 2 aliphatic rings. The highest BCUT2D eigenvalue weighted by molar-refractivity contribution is 9.08. The summed E-state index contributed by atoms with van der Waals surface area (Å²) in [6.07, 6.45) is -1.00. The van der Waals surface area contributed by atoms with Crippen LogP contribution in [0.5, 0.6) is 11.5 Å². The zero-order chi connectivity index (χ0) is 38.2. The summed E-state index contributed by atoms with van der Waals surface area (Å²) in [5.74, 6) is 1.56. The highest BCUT2D eigenvalue weighted by atomic mass is 79.9. The van der Waals surface area contributed by atoms with Crippen LogP contribution in [0.25, 0.3) is 0 Å². The molecule has 0 bridgehead atoms. The predicted molar refractivity (Wildman–Crippen MR) is 256 cm³/mol. The fraction of sp³-hybridized carbons (Fsp3) is 0.234. The molecule has 8 rings (SSSR count). The van der Waals surface area contributed by atoms with Gasteiger partial charge in [-0.3, -0.25) is 0 Å². The fourth-order valence-corrected chi connectivity index (χ4v) is 6.69. The van der Waals surface area contributed by atoms with Gasteiger partial charge in [-0.15, -0.1) is 0 Å². The number of aliphatic hydroxyl groups excluding tert-OH is 2. The number of fused-ring (bicyclic) bond motifs is 2. The number of rotatable bonds is 8. The lowest BCUT2D eigenvalue weighted by Crippen LogP contribution is -2.32. The molecule has 0 amide bonds. The van der Waals surface area contributed by atoms with Gasteiger partial charge < -0.3 is 40.5 Å². The zero-order valence-corrected chi connectivity index (χ0v) is 35.5. The number of nitrogen functional groups attached to an aromatic ring is 1. The normalized spacial score (nSPS) is 14.8. The van der Waals surface area contributed by atoms with Gasteiger partial charge in [0.15, 0.2) is 0 Å². The maximum atomic E-state index is 10.5. The van der Waals surface area contributed by atoms with Gasteiger partial charge in [0.1, 0.15) is 36.9 Å². The van der Waals surface area contributed by atoms with Crippen LogP contribution in [0.4, 0.5) is 22.7 Å². The third-order valence-electron chi connectivity index (χ3n) is 9.12. The third kappa shape index (κ3) is 14.6. The number of halogens is 1. The van der Waals surface area contributed by atoms with Gasteiger partial charge >= 0.3 is 0 Å². The molecule has 8 nitrogen and oxygen atoms in total. The molecule has 2 heterocycles. The Kier molecular flexibility index (Phi) is 20.4. The molecule has 58 heavy (non-hydrogen) atoms. The van der Waals surface area contributed by atoms with Crippen molar-refractivity contribution in [1.29, 1.82) is 0 Å². The van der Waals surface area contributed by atoms with Crippen LogP contribution in [-0.2, 0) is 25.0 Å². The van der Waals surface area contributed by atoms with Gasteiger partial charge in [0, 0.05) is 49.4 Å². The summed E-state index contributed by atoms with van der Waals surface area (Å²) >= 11 is 3.36. The number of nitrogens with two attached hydrogens (primary N) is 1. The Bertz CT molecular complexity index is 1990. The first kappa shape index (κ1) is 47.6. The van der Waals surface area contributed by atoms with Gasteiger partial charge in [-0.2, -0.15) is 27.0 Å². The molecule has 6 aromatic carbocycles. The van der Waals surface area contributed by atoms with Crippen molar-refractivity contribution in [2.24, 2.45) is 0 Å². The fourth-order valence-electron chi connectivity index (χ4n) is 6.31. The van der Waals surface area contributed by atoms with E-state index in [0.717, 1.165) is 53.5 Å². The second-order valence-corrected chi connectivity index (χ2v) is 14.1. The minimum Gasteiger partial charge on any atom is -0.489 e. The Hall–Kier alpha value is -4.78. The monoisotopic (exact) mass is 884 g/mol. The van der Waals surface area contributed by atoms with E-state index in [1.165, 1.54) is 22.3 Å². The van der Waals surface area contributed by atoms with Gasteiger partial charge in [0.2, 0.25) is 0 Å². The summed E-state index contributed by atoms with van der Waals surface area (Å²) in [4.78, 5) is 4.63. The van der Waals surface area contributed by atoms with E-state index in [1.807, 2.05) is 30.3 Å². The average molecular weight is 886 g/mol. The molecular weight excluding hydrogens is 829 g/mol. The molecule has 0 aromatic heterocycles. The third-order valence-corrected chi connectivity index (χ3v) is 9.77. The lowest BCUT2D eigenvalue weighted by Gasteiger charge is -2.29. The molecule has 308 valence electrons. The average Bonchev–Trinajstić information content (AvgIpc) is 3.51. The molecule has 0 unspecified atom stereocenters. The van der Waals surface area contributed by atoms with E-state index in [2.05, 4.69) is 140 Å². The number of nitrogens with one attached hydrogen (secondary N) is 1. The quantitative estimate of drug-likeness (QED) is 0.0886. The summed E-state index contributed by atoms with van der Waals surface area (Å²) in [6.45, 7) is 3.97. The second-order valence-electron chi connectivity index (χ2n) is 13.5. The van der Waals surface area contributed by atoms with Crippen LogP contribution in [0.1, 0.15) is 29.7 Å². The first-order valence-electron chi connectivity index (χ1n) is 18.5. The lowest BCUT2D eigenvalue weighted by molar-refractivity contribution is 0.118. The van der Waals surface area contributed by atoms with E-state index in [0.29, 0.717) is 32.0 Å². The molecule has 0 saturated heterocycles. The zero-order valence-electron chi connectivity index (χ0n) is 31.9. The summed E-state index contributed by atoms with van der Waals surface area (Å²) < 4.78 is 11.3. The van der Waals surface area contributed by atoms with E-state index in [1.54, 1.807) is 18.2 Å². The molecule has 0 aliphatic carbocycles. The molecule has 0 fully saturated rings. The van der Waals surface area contributed by atoms with Crippen molar-refractivity contribution in [3.05, 3.63) is 180 Å². The SMILES string of the molecule is BrCc1ccccc1.C.Nc1ccc2c(c1)NC[C@H](O)CO2.O[C@@H]1COc2ccc(N(Cc3ccccc3)Cc3ccccc3)cc2N(Cc2ccccc2)C1.S.S. The maximum Gasteiger partial charge on any atom is 0.142 e. The van der Waals surface area contributed by atoms with E-state index >= 15 is 0 Å². The first-order chi connectivity index (χ1) is 26.9. The van der Waals surface area contributed by atoms with Crippen LogP contribution in [-0.4, -0.2) is 48.7 Å². The van der Waals surface area contributed by atoms with E-state index < -0.39 is 12.2 Å². The standard InChI is InChI=1S/C30H30N2O2.C9H12N2O2.C7H7Br.CH4.2H2S/c33-28-22-32(21-26-14-8-3-9-15-26)29-18-27(16-17-30(29)34-23-28)31(19-24-10-4-1-5-11-24)20-25-12-6-2-7-13-25;10-6-1-2-9-8(3-6)11-4-7(12)5-13-9;8-6-7-4-2-1-3-5-7;;;/h1-18,28,33H,19-23H2;1-3,7,11-12H,4-5,10H2;1-5H,6H2;1H4;2*1H2/t28-;7-;;;;/m00..../s1. The Morgan fingerprint density at radius 1 is 0.638 bits per heavy atom. The summed E-state index contributed by atoms with van der Waals surface area (Å²) in [7, 11) is 0. The molecule has 0 radical (unpaired) electrons. The van der Waals surface area contributed by atoms with Crippen molar-refractivity contribution < 1.29 is 19.7 Å². The molecule has 0 saturated carbocycles. The van der Waals surface area contributed by atoms with Gasteiger partial charge in [-0.25, -0.2) is 0 Å². The van der Waals surface area contributed by atoms with Crippen molar-refractivity contribution in [3.63, 3.8) is 0 Å². The smallest absolute Gasteiger partial charge is 0.142 e. The van der Waals surface area contributed by atoms with Gasteiger partial charge in [-0.05, 0) is 58.7 Å². The molecular formula is C47H57BrN4O4S2. The van der Waals surface area contributed by atoms with Crippen LogP contribution in [0.15, 0.2) is 158 Å². The number of hydrogen-bond donors (Lipinski definition) is 4. The number of hydrogen-bond acceptors (Lipinski definition) is 8. The highest BCUT2D eigenvalue weighted by Crippen LogP contribution is 2.37. The van der Waals surface area contributed by atoms with Crippen molar-refractivity contribution >= 4 is 65.7 Å². The topological polar surface area (TPSA) is 103 Å². The second kappa shape index (κ2) is 24.9. The summed E-state index contributed by atoms with van der Waals surface area (Å²) in [5, 5.41) is 23.8. The minimum absolute atomic E-state index is 0. The number of aliphatic hydroxyl groups is 2. The molecule has 6 aromatic rings. The summed E-state index contributed by atoms with van der Waals surface area (Å²) in [5.41, 5.74) is 14.3. The Labute approximate surface area is 366 Å². The number of alkyl halides is 1. The first-order valence-corrected chi connectivity index (χ1v) is 19.7. The Morgan fingerprint density at radius 3 is 1.69 bits per heavy atom. The lowest BCUT2D eigenvalue weighted by atomic mass is 10.1. The number of β-amino-alcohol motifs (C(OH)–C–C–N with tert-alkyl or cyclic N) is 2. The van der Waals surface area contributed by atoms with Crippen LogP contribution >= 0.6 is 42.9 Å². The number of nitrogens with zero attached hydrogens (tertiary/aromatic N) is 2. The van der Waals surface area contributed by atoms with Crippen molar-refractivity contribution in [2.45, 2.75) is 44.6 Å². The predicted octanol–water partition coefficient (Wildman–Crippen LogP) is 9.53. The number of benzene rings is 6. The van der Waals surface area contributed by atoms with Gasteiger partial charge in [-0.1, -0.05) is 145 Å². The van der Waals surface area contributed by atoms with Gasteiger partial charge in [0.05, 0.1) is 11.4 Å². The molecule has 2 atom stereocenters. The maximum absolute atomic E-state index is 10.5. The van der Waals surface area contributed by atoms with Crippen LogP contribution in [0.2, 0.25) is 0 Å². The minimum atomic E-state index is -0.538. The Morgan fingerprint density at radius 2 is 1.14 bits per heavy atom. The van der Waals surface area contributed by atoms with Crippen LogP contribution < -0.4 is 30.3 Å². The molecule has 11 heteroatoms. The van der Waals surface area contributed by atoms with E-state index in [9.17, 15) is 10.2 Å². The van der Waals surface area contributed by atoms with Crippen molar-refractivity contribution in [1.82, 2.24) is 0 Å². The van der Waals surface area contributed by atoms with Crippen molar-refractivity contribution in [3.8, 4) is 11.5 Å². The molecule has 0 spiro atoms. The van der Waals surface area contributed by atoms with E-state index in [4.69, 9.17) is 15.2 Å². The van der Waals surface area contributed by atoms with Crippen molar-refractivity contribution in [2.75, 3.05) is 47.2 Å². The molecule has 2 aliphatic heterocycles. The molecule has 5 N–H and O–H groups in total. The number of ether oxygens (including phenoxy) is 2. The van der Waals surface area contributed by atoms with Crippen LogP contribution in [0.3, 0.4) is 0 Å². The number of anilines is 4. The largest absolute Gasteiger partial charge is 0.489 e. The Balaban J connectivity index is 0.000000308. The highest BCUT2D eigenvalue weighted by Gasteiger charge is 2.23.